The molecule has 0 aliphatic rings. The number of rotatable bonds is 4. The Balaban J connectivity index is 2.56. The number of methoxy groups -OCH3 is 1. The summed E-state index contributed by atoms with van der Waals surface area (Å²) in [6, 6.07) is 0. The van der Waals surface area contributed by atoms with Crippen LogP contribution in [0.5, 0.6) is 0 Å². The van der Waals surface area contributed by atoms with Gasteiger partial charge in [0.15, 0.2) is 0 Å². The first kappa shape index (κ1) is 10.7. The van der Waals surface area contributed by atoms with Crippen LogP contribution in [0.3, 0.4) is 0 Å². The van der Waals surface area contributed by atoms with Crippen LogP contribution < -0.4 is 0 Å². The molecule has 1 aromatic heterocycles. The molecule has 1 aromatic rings. The van der Waals surface area contributed by atoms with Crippen LogP contribution in [-0.4, -0.2) is 47.9 Å². The van der Waals surface area contributed by atoms with Crippen molar-refractivity contribution in [3.63, 3.8) is 0 Å². The number of ether oxygens (including phenoxy) is 1. The Morgan fingerprint density at radius 1 is 1.71 bits per heavy atom. The monoisotopic (exact) mass is 197 g/mol. The molecule has 14 heavy (non-hydrogen) atoms. The molecule has 0 saturated heterocycles. The van der Waals surface area contributed by atoms with Gasteiger partial charge in [-0.25, -0.2) is 0 Å². The van der Waals surface area contributed by atoms with E-state index in [0.717, 1.165) is 0 Å². The van der Waals surface area contributed by atoms with Crippen LogP contribution in [0.15, 0.2) is 12.4 Å². The van der Waals surface area contributed by atoms with Crippen molar-refractivity contribution < 1.29 is 9.53 Å². The second-order valence-corrected chi connectivity index (χ2v) is 3.12. The minimum Gasteiger partial charge on any atom is -0.383 e. The Morgan fingerprint density at radius 3 is 2.93 bits per heavy atom. The van der Waals surface area contributed by atoms with Gasteiger partial charge in [0.2, 0.25) is 0 Å². The molecule has 1 amide bonds. The number of hydrogen-bond donors (Lipinski definition) is 0. The first-order chi connectivity index (χ1) is 6.65. The topological polar surface area (TPSA) is 47.4 Å². The Hall–Kier alpha value is -1.36. The minimum atomic E-state index is -0.0323. The van der Waals surface area contributed by atoms with E-state index in [1.807, 2.05) is 0 Å². The lowest BCUT2D eigenvalue weighted by molar-refractivity contribution is 0.0744. The lowest BCUT2D eigenvalue weighted by Crippen LogP contribution is -2.29. The largest absolute Gasteiger partial charge is 0.383 e. The number of likely N-dealkylation sites (N-methyl/N-ethyl adjacent to an activating group) is 1. The van der Waals surface area contributed by atoms with Crippen molar-refractivity contribution in [3.8, 4) is 0 Å². The number of hydrogen-bond acceptors (Lipinski definition) is 3. The fourth-order valence-electron chi connectivity index (χ4n) is 1.08. The van der Waals surface area contributed by atoms with Crippen molar-refractivity contribution in [3.05, 3.63) is 18.0 Å². The standard InChI is InChI=1S/C9H15N3O2/c1-11(4-5-14-3)9(13)8-6-10-12(2)7-8/h6-7H,4-5H2,1-3H3. The smallest absolute Gasteiger partial charge is 0.256 e. The molecule has 1 heterocycles. The molecule has 0 atom stereocenters. The number of carbonyl (C=O) groups is 1. The van der Waals surface area contributed by atoms with Crippen LogP contribution in [0.4, 0.5) is 0 Å². The highest BCUT2D eigenvalue weighted by atomic mass is 16.5. The second kappa shape index (κ2) is 4.76. The van der Waals surface area contributed by atoms with Gasteiger partial charge in [-0.1, -0.05) is 0 Å². The van der Waals surface area contributed by atoms with E-state index in [2.05, 4.69) is 5.10 Å². The highest BCUT2D eigenvalue weighted by Crippen LogP contribution is 2.00. The van der Waals surface area contributed by atoms with Crippen molar-refractivity contribution >= 4 is 5.91 Å². The zero-order valence-corrected chi connectivity index (χ0v) is 8.73. The average Bonchev–Trinajstić information content (AvgIpc) is 2.60. The molecule has 0 fully saturated rings. The zero-order valence-electron chi connectivity index (χ0n) is 8.73. The Bertz CT molecular complexity index is 309. The molecule has 0 radical (unpaired) electrons. The van der Waals surface area contributed by atoms with E-state index in [1.165, 1.54) is 0 Å². The number of aryl methyl sites for hydroxylation is 1. The van der Waals surface area contributed by atoms with Gasteiger partial charge in [0.1, 0.15) is 0 Å². The van der Waals surface area contributed by atoms with Gasteiger partial charge in [-0.15, -0.1) is 0 Å². The molecule has 0 saturated carbocycles. The predicted octanol–water partition coefficient (Wildman–Crippen LogP) is 0.138. The highest BCUT2D eigenvalue weighted by molar-refractivity contribution is 5.93. The van der Waals surface area contributed by atoms with Gasteiger partial charge in [-0.05, 0) is 0 Å². The molecule has 0 aliphatic carbocycles. The van der Waals surface area contributed by atoms with Crippen LogP contribution >= 0.6 is 0 Å². The van der Waals surface area contributed by atoms with Crippen molar-refractivity contribution in [2.24, 2.45) is 7.05 Å². The van der Waals surface area contributed by atoms with Crippen LogP contribution in [0.1, 0.15) is 10.4 Å². The minimum absolute atomic E-state index is 0.0323. The Morgan fingerprint density at radius 2 is 2.43 bits per heavy atom. The molecule has 0 spiro atoms. The summed E-state index contributed by atoms with van der Waals surface area (Å²) in [4.78, 5) is 13.3. The molecule has 0 bridgehead atoms. The molecule has 78 valence electrons. The maximum Gasteiger partial charge on any atom is 0.256 e. The maximum absolute atomic E-state index is 11.7. The van der Waals surface area contributed by atoms with Gasteiger partial charge in [0.05, 0.1) is 18.4 Å². The first-order valence-corrected chi connectivity index (χ1v) is 4.38. The maximum atomic E-state index is 11.7. The lowest BCUT2D eigenvalue weighted by atomic mass is 10.3. The summed E-state index contributed by atoms with van der Waals surface area (Å²) in [5.74, 6) is -0.0323. The van der Waals surface area contributed by atoms with Gasteiger partial charge in [0, 0.05) is 33.9 Å². The molecular formula is C9H15N3O2. The Labute approximate surface area is 83.3 Å². The number of nitrogens with zero attached hydrogens (tertiary/aromatic N) is 3. The summed E-state index contributed by atoms with van der Waals surface area (Å²) in [6.07, 6.45) is 3.26. The molecule has 5 nitrogen and oxygen atoms in total. The molecule has 5 heteroatoms. The summed E-state index contributed by atoms with van der Waals surface area (Å²) in [7, 11) is 5.14. The molecule has 0 aliphatic heterocycles. The summed E-state index contributed by atoms with van der Waals surface area (Å²) in [6.45, 7) is 1.13. The normalized spacial score (nSPS) is 10.2. The van der Waals surface area contributed by atoms with Crippen molar-refractivity contribution in [1.82, 2.24) is 14.7 Å². The molecule has 0 N–H and O–H groups in total. The quantitative estimate of drug-likeness (QED) is 0.689. The molecule has 0 unspecified atom stereocenters. The van der Waals surface area contributed by atoms with E-state index in [1.54, 1.807) is 43.2 Å². The van der Waals surface area contributed by atoms with Crippen molar-refractivity contribution in [2.75, 3.05) is 27.3 Å². The average molecular weight is 197 g/mol. The van der Waals surface area contributed by atoms with Crippen LogP contribution in [0, 0.1) is 0 Å². The van der Waals surface area contributed by atoms with E-state index >= 15 is 0 Å². The summed E-state index contributed by atoms with van der Waals surface area (Å²) in [5.41, 5.74) is 0.603. The van der Waals surface area contributed by atoms with Crippen LogP contribution in [0.2, 0.25) is 0 Å². The third-order valence-corrected chi connectivity index (χ3v) is 1.93. The highest BCUT2D eigenvalue weighted by Gasteiger charge is 2.12. The molecular weight excluding hydrogens is 182 g/mol. The number of amides is 1. The van der Waals surface area contributed by atoms with E-state index in [-0.39, 0.29) is 5.91 Å². The first-order valence-electron chi connectivity index (χ1n) is 4.38. The fraction of sp³-hybridized carbons (Fsp3) is 0.556. The zero-order chi connectivity index (χ0) is 10.6. The van der Waals surface area contributed by atoms with Gasteiger partial charge in [-0.2, -0.15) is 5.10 Å². The van der Waals surface area contributed by atoms with E-state index in [4.69, 9.17) is 4.74 Å². The van der Waals surface area contributed by atoms with Gasteiger partial charge in [0.25, 0.3) is 5.91 Å². The van der Waals surface area contributed by atoms with Crippen LogP contribution in [-0.2, 0) is 11.8 Å². The Kier molecular flexibility index (Phi) is 3.64. The SMILES string of the molecule is COCCN(C)C(=O)c1cnn(C)c1. The summed E-state index contributed by atoms with van der Waals surface area (Å²) >= 11 is 0. The molecule has 0 aromatic carbocycles. The second-order valence-electron chi connectivity index (χ2n) is 3.12. The van der Waals surface area contributed by atoms with Crippen LogP contribution in [0.25, 0.3) is 0 Å². The summed E-state index contributed by atoms with van der Waals surface area (Å²) < 4.78 is 6.50. The summed E-state index contributed by atoms with van der Waals surface area (Å²) in [5, 5.41) is 3.94. The number of aromatic nitrogens is 2. The third-order valence-electron chi connectivity index (χ3n) is 1.93. The van der Waals surface area contributed by atoms with Crippen molar-refractivity contribution in [1.29, 1.82) is 0 Å². The number of carbonyl (C=O) groups excluding carboxylic acids is 1. The van der Waals surface area contributed by atoms with Gasteiger partial charge >= 0.3 is 0 Å². The van der Waals surface area contributed by atoms with E-state index in [0.29, 0.717) is 18.7 Å². The molecule has 1 rings (SSSR count). The van der Waals surface area contributed by atoms with E-state index in [9.17, 15) is 4.79 Å². The van der Waals surface area contributed by atoms with Crippen molar-refractivity contribution in [2.45, 2.75) is 0 Å². The fourth-order valence-corrected chi connectivity index (χ4v) is 1.08. The van der Waals surface area contributed by atoms with E-state index < -0.39 is 0 Å². The third kappa shape index (κ3) is 2.56. The predicted molar refractivity (Wildman–Crippen MR) is 52.0 cm³/mol. The van der Waals surface area contributed by atoms with Gasteiger partial charge in [-0.3, -0.25) is 9.48 Å². The van der Waals surface area contributed by atoms with Gasteiger partial charge < -0.3 is 9.64 Å². The lowest BCUT2D eigenvalue weighted by Gasteiger charge is -2.15.